The first kappa shape index (κ1) is 24.1. The van der Waals surface area contributed by atoms with E-state index in [9.17, 15) is 19.6 Å². The highest BCUT2D eigenvalue weighted by molar-refractivity contribution is 5.86. The Morgan fingerprint density at radius 1 is 1.06 bits per heavy atom. The number of amides is 2. The Balaban J connectivity index is 2.10. The maximum absolute atomic E-state index is 12.9. The van der Waals surface area contributed by atoms with Gasteiger partial charge in [0.05, 0.1) is 12.5 Å². The third-order valence-electron chi connectivity index (χ3n) is 4.91. The highest BCUT2D eigenvalue weighted by atomic mass is 16.5. The SMILES string of the molecule is CCCC[C@H](CN(O)C=O)C(=O)N[C@@H](Cc1ccccc1)C(=O)OCc1ccccc1. The van der Waals surface area contributed by atoms with E-state index in [1.807, 2.05) is 67.6 Å². The van der Waals surface area contributed by atoms with Crippen molar-refractivity contribution in [3.05, 3.63) is 71.8 Å². The first-order valence-corrected chi connectivity index (χ1v) is 10.5. The number of carbonyl (C=O) groups excluding carboxylic acids is 3. The summed E-state index contributed by atoms with van der Waals surface area (Å²) in [5, 5.41) is 12.8. The molecule has 2 rings (SSSR count). The molecule has 0 fully saturated rings. The summed E-state index contributed by atoms with van der Waals surface area (Å²) in [4.78, 5) is 36.5. The maximum Gasteiger partial charge on any atom is 0.329 e. The molecule has 2 atom stereocenters. The van der Waals surface area contributed by atoms with E-state index in [2.05, 4.69) is 5.32 Å². The van der Waals surface area contributed by atoms with E-state index in [1.165, 1.54) is 0 Å². The summed E-state index contributed by atoms with van der Waals surface area (Å²) >= 11 is 0. The molecule has 0 saturated heterocycles. The Bertz CT molecular complexity index is 813. The lowest BCUT2D eigenvalue weighted by Gasteiger charge is -2.23. The van der Waals surface area contributed by atoms with Gasteiger partial charge in [-0.15, -0.1) is 0 Å². The van der Waals surface area contributed by atoms with Crippen LogP contribution in [0.3, 0.4) is 0 Å². The number of hydroxylamine groups is 2. The molecule has 0 saturated carbocycles. The van der Waals surface area contributed by atoms with Gasteiger partial charge in [-0.3, -0.25) is 14.8 Å². The second-order valence-corrected chi connectivity index (χ2v) is 7.41. The molecule has 7 heteroatoms. The molecule has 7 nitrogen and oxygen atoms in total. The first-order chi connectivity index (χ1) is 15.0. The molecule has 0 unspecified atom stereocenters. The summed E-state index contributed by atoms with van der Waals surface area (Å²) in [5.74, 6) is -1.56. The zero-order chi connectivity index (χ0) is 22.5. The van der Waals surface area contributed by atoms with Crippen molar-refractivity contribution in [2.45, 2.75) is 45.3 Å². The summed E-state index contributed by atoms with van der Waals surface area (Å²) in [6.45, 7) is 1.96. The van der Waals surface area contributed by atoms with Crippen LogP contribution in [-0.4, -0.2) is 41.1 Å². The van der Waals surface area contributed by atoms with Crippen LogP contribution in [0.25, 0.3) is 0 Å². The Morgan fingerprint density at radius 2 is 1.68 bits per heavy atom. The summed E-state index contributed by atoms with van der Waals surface area (Å²) in [6, 6.07) is 17.8. The topological polar surface area (TPSA) is 95.9 Å². The van der Waals surface area contributed by atoms with Crippen molar-refractivity contribution in [1.29, 1.82) is 0 Å². The molecule has 0 aromatic heterocycles. The fourth-order valence-corrected chi connectivity index (χ4v) is 3.19. The molecule has 0 bridgehead atoms. The first-order valence-electron chi connectivity index (χ1n) is 10.5. The highest BCUT2D eigenvalue weighted by Gasteiger charge is 2.28. The van der Waals surface area contributed by atoms with E-state index in [-0.39, 0.29) is 26.0 Å². The second kappa shape index (κ2) is 13.2. The van der Waals surface area contributed by atoms with Crippen molar-refractivity contribution in [2.24, 2.45) is 5.92 Å². The Labute approximate surface area is 183 Å². The van der Waals surface area contributed by atoms with Gasteiger partial charge in [0.15, 0.2) is 0 Å². The van der Waals surface area contributed by atoms with Crippen LogP contribution in [0.1, 0.15) is 37.3 Å². The highest BCUT2D eigenvalue weighted by Crippen LogP contribution is 2.13. The summed E-state index contributed by atoms with van der Waals surface area (Å²) in [5.41, 5.74) is 1.73. The summed E-state index contributed by atoms with van der Waals surface area (Å²) in [7, 11) is 0. The van der Waals surface area contributed by atoms with Crippen molar-refractivity contribution in [3.63, 3.8) is 0 Å². The average Bonchev–Trinajstić information content (AvgIpc) is 2.80. The van der Waals surface area contributed by atoms with Gasteiger partial charge in [-0.2, -0.15) is 0 Å². The van der Waals surface area contributed by atoms with Gasteiger partial charge in [0.2, 0.25) is 12.3 Å². The molecule has 0 heterocycles. The van der Waals surface area contributed by atoms with Gasteiger partial charge in [0.1, 0.15) is 12.6 Å². The largest absolute Gasteiger partial charge is 0.459 e. The minimum absolute atomic E-state index is 0.107. The molecule has 2 aromatic carbocycles. The van der Waals surface area contributed by atoms with Crippen LogP contribution in [-0.2, 0) is 32.1 Å². The van der Waals surface area contributed by atoms with Crippen LogP contribution >= 0.6 is 0 Å². The molecule has 2 aromatic rings. The van der Waals surface area contributed by atoms with Crippen LogP contribution in [0.2, 0.25) is 0 Å². The fourth-order valence-electron chi connectivity index (χ4n) is 3.19. The van der Waals surface area contributed by atoms with Crippen LogP contribution in [0.5, 0.6) is 0 Å². The van der Waals surface area contributed by atoms with Crippen molar-refractivity contribution in [3.8, 4) is 0 Å². The molecule has 31 heavy (non-hydrogen) atoms. The number of nitrogens with zero attached hydrogens (tertiary/aromatic N) is 1. The van der Waals surface area contributed by atoms with E-state index < -0.39 is 23.8 Å². The smallest absolute Gasteiger partial charge is 0.329 e. The fraction of sp³-hybridized carbons (Fsp3) is 0.375. The lowest BCUT2D eigenvalue weighted by Crippen LogP contribution is -2.47. The van der Waals surface area contributed by atoms with Crippen molar-refractivity contribution < 1.29 is 24.3 Å². The van der Waals surface area contributed by atoms with E-state index >= 15 is 0 Å². The van der Waals surface area contributed by atoms with Gasteiger partial charge >= 0.3 is 5.97 Å². The van der Waals surface area contributed by atoms with Crippen molar-refractivity contribution in [2.75, 3.05) is 6.54 Å². The zero-order valence-electron chi connectivity index (χ0n) is 17.8. The number of rotatable bonds is 13. The molecular formula is C24H30N2O5. The number of benzene rings is 2. The van der Waals surface area contributed by atoms with Crippen molar-refractivity contribution >= 4 is 18.3 Å². The second-order valence-electron chi connectivity index (χ2n) is 7.41. The van der Waals surface area contributed by atoms with Gasteiger partial charge in [-0.1, -0.05) is 80.4 Å². The lowest BCUT2D eigenvalue weighted by atomic mass is 9.99. The molecule has 0 aliphatic heterocycles. The zero-order valence-corrected chi connectivity index (χ0v) is 17.8. The predicted molar refractivity (Wildman–Crippen MR) is 116 cm³/mol. The third kappa shape index (κ3) is 8.60. The van der Waals surface area contributed by atoms with Gasteiger partial charge in [-0.05, 0) is 17.5 Å². The summed E-state index contributed by atoms with van der Waals surface area (Å²) in [6.07, 6.45) is 2.65. The van der Waals surface area contributed by atoms with Crippen LogP contribution in [0.4, 0.5) is 0 Å². The van der Waals surface area contributed by atoms with Crippen LogP contribution in [0, 0.1) is 5.92 Å². The average molecular weight is 427 g/mol. The van der Waals surface area contributed by atoms with Gasteiger partial charge in [0.25, 0.3) is 0 Å². The maximum atomic E-state index is 12.9. The number of ether oxygens (including phenoxy) is 1. The van der Waals surface area contributed by atoms with Gasteiger partial charge in [-0.25, -0.2) is 9.86 Å². The number of carbonyl (C=O) groups is 3. The molecule has 166 valence electrons. The number of esters is 1. The standard InChI is InChI=1S/C24H30N2O5/c1-2-3-14-21(16-26(30)18-27)23(28)25-22(15-19-10-6-4-7-11-19)24(29)31-17-20-12-8-5-9-13-20/h4-13,18,21-22,30H,2-3,14-17H2,1H3,(H,25,28)/t21-,22+/m1/s1. The lowest BCUT2D eigenvalue weighted by molar-refractivity contribution is -0.156. The summed E-state index contributed by atoms with van der Waals surface area (Å²) < 4.78 is 5.46. The number of hydrogen-bond donors (Lipinski definition) is 2. The Morgan fingerprint density at radius 3 is 2.26 bits per heavy atom. The van der Waals surface area contributed by atoms with Gasteiger partial charge < -0.3 is 10.1 Å². The molecule has 0 radical (unpaired) electrons. The van der Waals surface area contributed by atoms with E-state index in [0.29, 0.717) is 11.5 Å². The molecule has 0 spiro atoms. The molecule has 0 aliphatic rings. The number of unbranched alkanes of at least 4 members (excludes halogenated alkanes) is 1. The Kier molecular flexibility index (Phi) is 10.2. The predicted octanol–water partition coefficient (Wildman–Crippen LogP) is 3.11. The van der Waals surface area contributed by atoms with E-state index in [1.54, 1.807) is 0 Å². The van der Waals surface area contributed by atoms with Gasteiger partial charge in [0, 0.05) is 6.42 Å². The van der Waals surface area contributed by atoms with E-state index in [0.717, 1.165) is 24.0 Å². The molecule has 2 amide bonds. The monoisotopic (exact) mass is 426 g/mol. The van der Waals surface area contributed by atoms with Crippen molar-refractivity contribution in [1.82, 2.24) is 10.4 Å². The van der Waals surface area contributed by atoms with Crippen LogP contribution in [0.15, 0.2) is 60.7 Å². The minimum Gasteiger partial charge on any atom is -0.459 e. The third-order valence-corrected chi connectivity index (χ3v) is 4.91. The normalized spacial score (nSPS) is 12.5. The molecule has 2 N–H and O–H groups in total. The quantitative estimate of drug-likeness (QED) is 0.222. The minimum atomic E-state index is -0.883. The van der Waals surface area contributed by atoms with Crippen LogP contribution < -0.4 is 5.32 Å². The molecule has 0 aliphatic carbocycles. The Hall–Kier alpha value is -3.19. The number of nitrogens with one attached hydrogen (secondary N) is 1. The van der Waals surface area contributed by atoms with E-state index in [4.69, 9.17) is 4.74 Å². The molecular weight excluding hydrogens is 396 g/mol. The number of hydrogen-bond acceptors (Lipinski definition) is 5.